The zero-order valence-electron chi connectivity index (χ0n) is 9.98. The average molecular weight is 252 g/mol. The minimum atomic E-state index is -0.381. The van der Waals surface area contributed by atoms with E-state index in [4.69, 9.17) is 4.74 Å². The number of carbonyl (C=O) groups is 1. The van der Waals surface area contributed by atoms with Crippen molar-refractivity contribution in [1.82, 2.24) is 5.43 Å². The third-order valence-electron chi connectivity index (χ3n) is 2.73. The van der Waals surface area contributed by atoms with Crippen LogP contribution in [0.3, 0.4) is 0 Å². The number of hydrogen-bond acceptors (Lipinski definition) is 4. The number of rotatable bonds is 3. The van der Waals surface area contributed by atoms with Crippen LogP contribution in [-0.2, 0) is 11.3 Å². The highest BCUT2D eigenvalue weighted by molar-refractivity contribution is 5.91. The first-order valence-electron chi connectivity index (χ1n) is 5.80. The summed E-state index contributed by atoms with van der Waals surface area (Å²) in [7, 11) is 0. The van der Waals surface area contributed by atoms with E-state index in [-0.39, 0.29) is 12.6 Å². The molecule has 0 saturated carbocycles. The number of fused-ring (bicyclic) bond motifs is 1. The van der Waals surface area contributed by atoms with Crippen LogP contribution < -0.4 is 5.43 Å². The molecule has 2 aromatic carbocycles. The van der Waals surface area contributed by atoms with Crippen LogP contribution in [-0.4, -0.2) is 5.97 Å². The van der Waals surface area contributed by atoms with Crippen molar-refractivity contribution in [3.8, 4) is 0 Å². The molecule has 0 bridgehead atoms. The third-order valence-corrected chi connectivity index (χ3v) is 2.73. The van der Waals surface area contributed by atoms with Crippen LogP contribution in [0.25, 0.3) is 0 Å². The summed E-state index contributed by atoms with van der Waals surface area (Å²) in [5.41, 5.74) is 6.46. The van der Waals surface area contributed by atoms with Gasteiger partial charge in [-0.05, 0) is 29.0 Å². The molecule has 1 radical (unpaired) electrons. The van der Waals surface area contributed by atoms with Crippen LogP contribution in [0.1, 0.15) is 15.9 Å². The van der Waals surface area contributed by atoms with Gasteiger partial charge in [0.2, 0.25) is 0 Å². The van der Waals surface area contributed by atoms with E-state index < -0.39 is 0 Å². The Morgan fingerprint density at radius 1 is 1.05 bits per heavy atom. The molecule has 0 atom stereocenters. The summed E-state index contributed by atoms with van der Waals surface area (Å²) >= 11 is 0. The molecular formula is C14H10N3O2. The van der Waals surface area contributed by atoms with Crippen LogP contribution in [0.2, 0.25) is 0 Å². The molecule has 19 heavy (non-hydrogen) atoms. The van der Waals surface area contributed by atoms with E-state index >= 15 is 0 Å². The van der Waals surface area contributed by atoms with E-state index in [1.54, 1.807) is 18.2 Å². The Labute approximate surface area is 109 Å². The fraction of sp³-hybridized carbons (Fsp3) is 0.0714. The van der Waals surface area contributed by atoms with Crippen LogP contribution >= 0.6 is 0 Å². The van der Waals surface area contributed by atoms with Crippen molar-refractivity contribution in [2.45, 2.75) is 6.61 Å². The Kier molecular flexibility index (Phi) is 2.94. The third kappa shape index (κ3) is 2.44. The Morgan fingerprint density at radius 2 is 1.89 bits per heavy atom. The van der Waals surface area contributed by atoms with Crippen LogP contribution in [0.4, 0.5) is 11.4 Å². The summed E-state index contributed by atoms with van der Waals surface area (Å²) < 4.78 is 5.23. The van der Waals surface area contributed by atoms with Gasteiger partial charge in [-0.25, -0.2) is 4.79 Å². The molecule has 0 unspecified atom stereocenters. The van der Waals surface area contributed by atoms with E-state index in [9.17, 15) is 4.79 Å². The van der Waals surface area contributed by atoms with Gasteiger partial charge >= 0.3 is 5.97 Å². The van der Waals surface area contributed by atoms with Crippen molar-refractivity contribution in [1.29, 1.82) is 0 Å². The Hall–Kier alpha value is -2.69. The van der Waals surface area contributed by atoms with Gasteiger partial charge in [0, 0.05) is 0 Å². The van der Waals surface area contributed by atoms with E-state index in [1.165, 1.54) is 0 Å². The lowest BCUT2D eigenvalue weighted by molar-refractivity contribution is 0.0473. The first-order chi connectivity index (χ1) is 9.33. The predicted molar refractivity (Wildman–Crippen MR) is 68.3 cm³/mol. The highest BCUT2D eigenvalue weighted by Crippen LogP contribution is 2.31. The van der Waals surface area contributed by atoms with Gasteiger partial charge in [-0.3, -0.25) is 0 Å². The van der Waals surface area contributed by atoms with Gasteiger partial charge in [0.15, 0.2) is 0 Å². The second kappa shape index (κ2) is 4.89. The minimum absolute atomic E-state index is 0.253. The predicted octanol–water partition coefficient (Wildman–Crippen LogP) is 3.29. The van der Waals surface area contributed by atoms with Gasteiger partial charge in [-0.1, -0.05) is 30.3 Å². The molecule has 93 valence electrons. The molecule has 0 amide bonds. The normalized spacial score (nSPS) is 11.8. The summed E-state index contributed by atoms with van der Waals surface area (Å²) in [5.74, 6) is -0.381. The highest BCUT2D eigenvalue weighted by Gasteiger charge is 2.14. The maximum atomic E-state index is 11.9. The van der Waals surface area contributed by atoms with E-state index in [1.807, 2.05) is 30.3 Å². The number of hydrogen-bond donors (Lipinski definition) is 0. The lowest BCUT2D eigenvalue weighted by Crippen LogP contribution is -2.05. The monoisotopic (exact) mass is 252 g/mol. The maximum absolute atomic E-state index is 11.9. The number of benzene rings is 2. The Balaban J connectivity index is 1.69. The molecule has 5 heteroatoms. The zero-order valence-corrected chi connectivity index (χ0v) is 9.98. The Bertz CT molecular complexity index is 638. The molecule has 0 aliphatic carbocycles. The fourth-order valence-corrected chi connectivity index (χ4v) is 1.74. The highest BCUT2D eigenvalue weighted by atomic mass is 16.5. The molecule has 2 aromatic rings. The molecule has 1 aliphatic rings. The molecule has 1 aliphatic heterocycles. The van der Waals surface area contributed by atoms with Crippen molar-refractivity contribution in [3.05, 3.63) is 59.7 Å². The van der Waals surface area contributed by atoms with Gasteiger partial charge in [0.25, 0.3) is 0 Å². The Morgan fingerprint density at radius 3 is 2.74 bits per heavy atom. The molecule has 3 rings (SSSR count). The van der Waals surface area contributed by atoms with Crippen molar-refractivity contribution in [2.75, 3.05) is 0 Å². The standard InChI is InChI=1S/C14H10N3O2/c18-14(19-9-10-4-2-1-3-5-10)11-6-7-12-13(8-11)16-17-15-12/h1-8H,9H2. The van der Waals surface area contributed by atoms with Crippen molar-refractivity contribution < 1.29 is 9.53 Å². The van der Waals surface area contributed by atoms with Crippen LogP contribution in [0.5, 0.6) is 0 Å². The average Bonchev–Trinajstić information content (AvgIpc) is 2.93. The second-order valence-electron chi connectivity index (χ2n) is 4.05. The van der Waals surface area contributed by atoms with E-state index in [2.05, 4.69) is 15.8 Å². The molecule has 0 N–H and O–H groups in total. The van der Waals surface area contributed by atoms with Gasteiger partial charge in [0.1, 0.15) is 18.0 Å². The number of esters is 1. The summed E-state index contributed by atoms with van der Waals surface area (Å²) in [6, 6.07) is 14.5. The minimum Gasteiger partial charge on any atom is -0.457 e. The largest absolute Gasteiger partial charge is 0.457 e. The molecule has 0 spiro atoms. The molecule has 0 fully saturated rings. The first kappa shape index (κ1) is 11.4. The summed E-state index contributed by atoms with van der Waals surface area (Å²) in [4.78, 5) is 11.9. The quantitative estimate of drug-likeness (QED) is 0.786. The van der Waals surface area contributed by atoms with Crippen LogP contribution in [0, 0.1) is 0 Å². The fourth-order valence-electron chi connectivity index (χ4n) is 1.74. The maximum Gasteiger partial charge on any atom is 0.338 e. The second-order valence-corrected chi connectivity index (χ2v) is 4.05. The summed E-state index contributed by atoms with van der Waals surface area (Å²) in [5, 5.41) is 7.35. The topological polar surface area (TPSA) is 65.1 Å². The smallest absolute Gasteiger partial charge is 0.338 e. The number of ether oxygens (including phenoxy) is 1. The first-order valence-corrected chi connectivity index (χ1v) is 5.80. The van der Waals surface area contributed by atoms with Crippen molar-refractivity contribution in [2.24, 2.45) is 10.3 Å². The molecule has 5 nitrogen and oxygen atoms in total. The van der Waals surface area contributed by atoms with Gasteiger partial charge in [-0.15, -0.1) is 10.5 Å². The van der Waals surface area contributed by atoms with E-state index in [0.717, 1.165) is 5.56 Å². The summed E-state index contributed by atoms with van der Waals surface area (Å²) in [6.07, 6.45) is 0. The molecular weight excluding hydrogens is 242 g/mol. The van der Waals surface area contributed by atoms with Gasteiger partial charge in [0.05, 0.1) is 5.56 Å². The van der Waals surface area contributed by atoms with Crippen LogP contribution in [0.15, 0.2) is 58.9 Å². The van der Waals surface area contributed by atoms with Gasteiger partial charge < -0.3 is 4.74 Å². The SMILES string of the molecule is O=C(OCc1ccccc1)c1ccc2c(c1)N=N[N]2. The molecule has 0 saturated heterocycles. The molecule has 0 aromatic heterocycles. The number of nitrogens with zero attached hydrogens (tertiary/aromatic N) is 3. The summed E-state index contributed by atoms with van der Waals surface area (Å²) in [6.45, 7) is 0.253. The van der Waals surface area contributed by atoms with Crippen molar-refractivity contribution >= 4 is 17.3 Å². The molecule has 1 heterocycles. The lowest BCUT2D eigenvalue weighted by Gasteiger charge is -2.05. The zero-order chi connectivity index (χ0) is 13.1. The lowest BCUT2D eigenvalue weighted by atomic mass is 10.2. The van der Waals surface area contributed by atoms with Gasteiger partial charge in [-0.2, -0.15) is 0 Å². The number of carbonyl (C=O) groups excluding carboxylic acids is 1. The van der Waals surface area contributed by atoms with Crippen molar-refractivity contribution in [3.63, 3.8) is 0 Å². The van der Waals surface area contributed by atoms with E-state index in [0.29, 0.717) is 16.9 Å².